The van der Waals surface area contributed by atoms with E-state index in [0.29, 0.717) is 5.69 Å². The molecule has 0 aromatic heterocycles. The van der Waals surface area contributed by atoms with Crippen molar-refractivity contribution in [1.29, 1.82) is 0 Å². The fourth-order valence-corrected chi connectivity index (χ4v) is 3.42. The number of anilines is 2. The molecular formula is C15H18N4O5S2. The molecule has 0 aliphatic rings. The molecule has 2 amide bonds. The summed E-state index contributed by atoms with van der Waals surface area (Å²) in [5.74, 6) is -0.355. The van der Waals surface area contributed by atoms with Crippen LogP contribution in [0.2, 0.25) is 0 Å². The zero-order valence-corrected chi connectivity index (χ0v) is 15.2. The molecule has 2 aromatic rings. The number of hydrogen-bond donors (Lipinski definition) is 4. The monoisotopic (exact) mass is 398 g/mol. The molecule has 0 radical (unpaired) electrons. The van der Waals surface area contributed by atoms with Crippen molar-refractivity contribution in [1.82, 2.24) is 5.32 Å². The first-order valence-corrected chi connectivity index (χ1v) is 10.6. The minimum atomic E-state index is -3.84. The maximum Gasteiger partial charge on any atom is 0.319 e. The molecule has 2 rings (SSSR count). The van der Waals surface area contributed by atoms with Gasteiger partial charge in [0.25, 0.3) is 0 Å². The van der Waals surface area contributed by atoms with Gasteiger partial charge >= 0.3 is 6.03 Å². The molecule has 0 aliphatic carbocycles. The second kappa shape index (κ2) is 8.17. The SMILES string of the molecule is NS(=O)(=O)c1ccc(NS(=O)(=O)CCNC(=O)Nc2ccccc2)cc1. The highest BCUT2D eigenvalue weighted by molar-refractivity contribution is 7.92. The average molecular weight is 398 g/mol. The summed E-state index contributed by atoms with van der Waals surface area (Å²) in [7, 11) is -7.57. The molecule has 26 heavy (non-hydrogen) atoms. The Balaban J connectivity index is 1.84. The zero-order valence-electron chi connectivity index (χ0n) is 13.5. The van der Waals surface area contributed by atoms with Crippen molar-refractivity contribution in [3.8, 4) is 0 Å². The summed E-state index contributed by atoms with van der Waals surface area (Å²) in [4.78, 5) is 11.6. The van der Waals surface area contributed by atoms with Crippen LogP contribution >= 0.6 is 0 Å². The van der Waals surface area contributed by atoms with Crippen LogP contribution in [0, 0.1) is 0 Å². The molecule has 0 fully saturated rings. The van der Waals surface area contributed by atoms with E-state index in [2.05, 4.69) is 15.4 Å². The molecular weight excluding hydrogens is 380 g/mol. The maximum atomic E-state index is 12.0. The van der Waals surface area contributed by atoms with Gasteiger partial charge in [-0.25, -0.2) is 26.8 Å². The Bertz CT molecular complexity index is 959. The Morgan fingerprint density at radius 3 is 2.08 bits per heavy atom. The maximum absolute atomic E-state index is 12.0. The standard InChI is InChI=1S/C15H18N4O5S2/c16-26(23,24)14-8-6-13(7-9-14)19-25(21,22)11-10-17-15(20)18-12-4-2-1-3-5-12/h1-9,19H,10-11H2,(H2,16,23,24)(H2,17,18,20). The summed E-state index contributed by atoms with van der Waals surface area (Å²) in [5, 5.41) is 9.97. The van der Waals surface area contributed by atoms with Gasteiger partial charge in [0.2, 0.25) is 20.0 Å². The number of benzene rings is 2. The number of sulfonamides is 2. The molecule has 5 N–H and O–H groups in total. The molecule has 11 heteroatoms. The smallest absolute Gasteiger partial charge is 0.319 e. The summed E-state index contributed by atoms with van der Waals surface area (Å²) < 4.78 is 48.6. The van der Waals surface area contributed by atoms with Crippen LogP contribution in [0.15, 0.2) is 59.5 Å². The van der Waals surface area contributed by atoms with Gasteiger partial charge in [0.1, 0.15) is 0 Å². The summed E-state index contributed by atoms with van der Waals surface area (Å²) in [6.07, 6.45) is 0. The normalized spacial score (nSPS) is 11.6. The van der Waals surface area contributed by atoms with Gasteiger partial charge < -0.3 is 10.6 Å². The Morgan fingerprint density at radius 2 is 1.50 bits per heavy atom. The highest BCUT2D eigenvalue weighted by Gasteiger charge is 2.13. The molecule has 0 unspecified atom stereocenters. The van der Waals surface area contributed by atoms with E-state index in [9.17, 15) is 21.6 Å². The number of nitrogens with one attached hydrogen (secondary N) is 3. The number of primary sulfonamides is 1. The predicted molar refractivity (Wildman–Crippen MR) is 98.7 cm³/mol. The quantitative estimate of drug-likeness (QED) is 0.547. The van der Waals surface area contributed by atoms with E-state index in [4.69, 9.17) is 5.14 Å². The van der Waals surface area contributed by atoms with Crippen LogP contribution in [0.4, 0.5) is 16.2 Å². The van der Waals surface area contributed by atoms with Crippen molar-refractivity contribution in [2.75, 3.05) is 22.3 Å². The van der Waals surface area contributed by atoms with Gasteiger partial charge in [-0.05, 0) is 36.4 Å². The van der Waals surface area contributed by atoms with Crippen LogP contribution in [0.3, 0.4) is 0 Å². The Kier molecular flexibility index (Phi) is 6.18. The molecule has 0 aliphatic heterocycles. The predicted octanol–water partition coefficient (Wildman–Crippen LogP) is 0.897. The number of urea groups is 1. The zero-order chi connectivity index (χ0) is 19.2. The third-order valence-electron chi connectivity index (χ3n) is 3.14. The number of para-hydroxylation sites is 1. The number of amides is 2. The molecule has 0 spiro atoms. The molecule has 0 bridgehead atoms. The lowest BCUT2D eigenvalue weighted by atomic mass is 10.3. The van der Waals surface area contributed by atoms with Crippen molar-refractivity contribution in [3.63, 3.8) is 0 Å². The number of rotatable bonds is 7. The number of hydrogen-bond acceptors (Lipinski definition) is 5. The van der Waals surface area contributed by atoms with Gasteiger partial charge in [0, 0.05) is 17.9 Å². The number of carbonyl (C=O) groups excluding carboxylic acids is 1. The van der Waals surface area contributed by atoms with Crippen molar-refractivity contribution in [3.05, 3.63) is 54.6 Å². The average Bonchev–Trinajstić information content (AvgIpc) is 2.54. The van der Waals surface area contributed by atoms with Crippen LogP contribution in [-0.4, -0.2) is 35.2 Å². The molecule has 0 saturated carbocycles. The van der Waals surface area contributed by atoms with Crippen LogP contribution in [0.25, 0.3) is 0 Å². The summed E-state index contributed by atoms with van der Waals surface area (Å²) in [5.41, 5.74) is 0.770. The summed E-state index contributed by atoms with van der Waals surface area (Å²) in [6, 6.07) is 13.1. The van der Waals surface area contributed by atoms with Crippen LogP contribution in [0.5, 0.6) is 0 Å². The second-order valence-corrected chi connectivity index (χ2v) is 8.64. The Morgan fingerprint density at radius 1 is 0.885 bits per heavy atom. The van der Waals surface area contributed by atoms with Gasteiger partial charge in [-0.3, -0.25) is 4.72 Å². The Hall–Kier alpha value is -2.63. The lowest BCUT2D eigenvalue weighted by Gasteiger charge is -2.10. The van der Waals surface area contributed by atoms with Crippen molar-refractivity contribution in [2.24, 2.45) is 5.14 Å². The number of carbonyl (C=O) groups is 1. The van der Waals surface area contributed by atoms with Gasteiger partial charge in [0.15, 0.2) is 0 Å². The van der Waals surface area contributed by atoms with Crippen LogP contribution in [-0.2, 0) is 20.0 Å². The topological polar surface area (TPSA) is 147 Å². The van der Waals surface area contributed by atoms with E-state index in [1.165, 1.54) is 24.3 Å². The lowest BCUT2D eigenvalue weighted by molar-refractivity contribution is 0.252. The van der Waals surface area contributed by atoms with Gasteiger partial charge in [-0.2, -0.15) is 0 Å². The minimum Gasteiger partial charge on any atom is -0.337 e. The molecule has 9 nitrogen and oxygen atoms in total. The highest BCUT2D eigenvalue weighted by atomic mass is 32.2. The highest BCUT2D eigenvalue weighted by Crippen LogP contribution is 2.14. The molecule has 140 valence electrons. The second-order valence-electron chi connectivity index (χ2n) is 5.24. The largest absolute Gasteiger partial charge is 0.337 e. The third-order valence-corrected chi connectivity index (χ3v) is 5.36. The summed E-state index contributed by atoms with van der Waals surface area (Å²) >= 11 is 0. The lowest BCUT2D eigenvalue weighted by Crippen LogP contribution is -2.34. The van der Waals surface area contributed by atoms with E-state index in [1.807, 2.05) is 0 Å². The first kappa shape index (κ1) is 19.7. The van der Waals surface area contributed by atoms with E-state index >= 15 is 0 Å². The number of nitrogens with two attached hydrogens (primary N) is 1. The third kappa shape index (κ3) is 6.35. The molecule has 0 atom stereocenters. The first-order valence-electron chi connectivity index (χ1n) is 7.39. The van der Waals surface area contributed by atoms with E-state index < -0.39 is 26.1 Å². The molecule has 0 saturated heterocycles. The van der Waals surface area contributed by atoms with Gasteiger partial charge in [-0.1, -0.05) is 18.2 Å². The van der Waals surface area contributed by atoms with E-state index in [1.54, 1.807) is 30.3 Å². The van der Waals surface area contributed by atoms with Crippen molar-refractivity contribution in [2.45, 2.75) is 4.90 Å². The molecule has 0 heterocycles. The fourth-order valence-electron chi connectivity index (χ4n) is 1.94. The van der Waals surface area contributed by atoms with E-state index in [-0.39, 0.29) is 22.9 Å². The molecule has 2 aromatic carbocycles. The van der Waals surface area contributed by atoms with E-state index in [0.717, 1.165) is 0 Å². The van der Waals surface area contributed by atoms with Gasteiger partial charge in [0.05, 0.1) is 10.6 Å². The van der Waals surface area contributed by atoms with Gasteiger partial charge in [-0.15, -0.1) is 0 Å². The van der Waals surface area contributed by atoms with Crippen molar-refractivity contribution < 1.29 is 21.6 Å². The van der Waals surface area contributed by atoms with Crippen LogP contribution < -0.4 is 20.5 Å². The first-order chi connectivity index (χ1) is 12.2. The fraction of sp³-hybridized carbons (Fsp3) is 0.133. The van der Waals surface area contributed by atoms with Crippen molar-refractivity contribution >= 4 is 37.5 Å². The Labute approximate surface area is 151 Å². The van der Waals surface area contributed by atoms with Crippen LogP contribution in [0.1, 0.15) is 0 Å². The minimum absolute atomic E-state index is 0.108. The summed E-state index contributed by atoms with van der Waals surface area (Å²) in [6.45, 7) is -0.108.